The van der Waals surface area contributed by atoms with Crippen LogP contribution in [0.1, 0.15) is 18.7 Å². The monoisotopic (exact) mass is 314 g/mol. The number of aromatic nitrogens is 4. The topological polar surface area (TPSA) is 75.4 Å². The Morgan fingerprint density at radius 1 is 1.23 bits per heavy atom. The lowest BCUT2D eigenvalue weighted by Crippen LogP contribution is -2.33. The Morgan fingerprint density at radius 2 is 1.95 bits per heavy atom. The predicted octanol–water partition coefficient (Wildman–Crippen LogP) is 1.18. The first-order valence-electron chi connectivity index (χ1n) is 6.76. The molecular weight excluding hydrogens is 301 g/mol. The molecule has 1 amide bonds. The van der Waals surface area contributed by atoms with Gasteiger partial charge in [-0.3, -0.25) is 4.79 Å². The van der Waals surface area contributed by atoms with Gasteiger partial charge in [-0.15, -0.1) is 15.3 Å². The average molecular weight is 314 g/mol. The molecule has 0 atom stereocenters. The summed E-state index contributed by atoms with van der Waals surface area (Å²) in [6.07, 6.45) is -2.69. The van der Waals surface area contributed by atoms with Crippen molar-refractivity contribution in [1.82, 2.24) is 24.7 Å². The summed E-state index contributed by atoms with van der Waals surface area (Å²) in [5.41, 5.74) is -0.0104. The van der Waals surface area contributed by atoms with Crippen molar-refractivity contribution in [3.8, 4) is 0 Å². The fourth-order valence-corrected chi connectivity index (χ4v) is 2.30. The summed E-state index contributed by atoms with van der Waals surface area (Å²) < 4.78 is 38.9. The second-order valence-electron chi connectivity index (χ2n) is 4.95. The lowest BCUT2D eigenvalue weighted by molar-refractivity contribution is -0.146. The molecule has 0 saturated carbocycles. The number of halogens is 3. The van der Waals surface area contributed by atoms with Crippen molar-refractivity contribution in [3.05, 3.63) is 18.0 Å². The lowest BCUT2D eigenvalue weighted by Gasteiger charge is -2.15. The van der Waals surface area contributed by atoms with Crippen molar-refractivity contribution in [3.63, 3.8) is 0 Å². The minimum atomic E-state index is -4.64. The van der Waals surface area contributed by atoms with Gasteiger partial charge in [-0.25, -0.2) is 0 Å². The molecule has 1 aliphatic rings. The van der Waals surface area contributed by atoms with E-state index in [0.29, 0.717) is 4.52 Å². The molecule has 10 heteroatoms. The van der Waals surface area contributed by atoms with Crippen LogP contribution in [0.15, 0.2) is 12.1 Å². The lowest BCUT2D eigenvalue weighted by atomic mass is 10.4. The van der Waals surface area contributed by atoms with Crippen LogP contribution in [0, 0.1) is 0 Å². The zero-order chi connectivity index (χ0) is 15.7. The fourth-order valence-electron chi connectivity index (χ4n) is 2.30. The number of likely N-dealkylation sites (tertiary alicyclic amines) is 1. The molecule has 118 valence electrons. The summed E-state index contributed by atoms with van der Waals surface area (Å²) in [7, 11) is 0. The average Bonchev–Trinajstić information content (AvgIpc) is 3.12. The zero-order valence-corrected chi connectivity index (χ0v) is 11.5. The summed E-state index contributed by atoms with van der Waals surface area (Å²) in [4.78, 5) is 13.6. The van der Waals surface area contributed by atoms with Crippen LogP contribution in [-0.2, 0) is 11.0 Å². The molecule has 1 fully saturated rings. The molecule has 3 heterocycles. The van der Waals surface area contributed by atoms with E-state index in [1.807, 2.05) is 0 Å². The van der Waals surface area contributed by atoms with Crippen LogP contribution in [0.2, 0.25) is 0 Å². The Bertz CT molecular complexity index is 692. The van der Waals surface area contributed by atoms with E-state index in [0.717, 1.165) is 25.9 Å². The summed E-state index contributed by atoms with van der Waals surface area (Å²) in [6, 6.07) is 2.82. The van der Waals surface area contributed by atoms with Gasteiger partial charge < -0.3 is 10.2 Å². The predicted molar refractivity (Wildman–Crippen MR) is 70.1 cm³/mol. The highest BCUT2D eigenvalue weighted by molar-refractivity contribution is 5.80. The molecule has 22 heavy (non-hydrogen) atoms. The fraction of sp³-hybridized carbons (Fsp3) is 0.500. The molecular formula is C12H13F3N6O. The van der Waals surface area contributed by atoms with Crippen molar-refractivity contribution < 1.29 is 18.0 Å². The van der Waals surface area contributed by atoms with E-state index in [2.05, 4.69) is 20.6 Å². The van der Waals surface area contributed by atoms with Gasteiger partial charge in [0.2, 0.25) is 5.91 Å². The van der Waals surface area contributed by atoms with Crippen LogP contribution in [0.4, 0.5) is 19.0 Å². The molecule has 3 rings (SSSR count). The van der Waals surface area contributed by atoms with Gasteiger partial charge in [-0.1, -0.05) is 0 Å². The number of nitrogens with zero attached hydrogens (tertiary/aromatic N) is 5. The molecule has 0 radical (unpaired) electrons. The number of hydrogen-bond donors (Lipinski definition) is 1. The van der Waals surface area contributed by atoms with Gasteiger partial charge in [0.05, 0.1) is 6.54 Å². The van der Waals surface area contributed by atoms with Crippen molar-refractivity contribution >= 4 is 17.4 Å². The highest BCUT2D eigenvalue weighted by Crippen LogP contribution is 2.27. The van der Waals surface area contributed by atoms with Gasteiger partial charge in [0.25, 0.3) is 5.82 Å². The largest absolute Gasteiger partial charge is 0.453 e. The number of alkyl halides is 3. The number of hydrogen-bond acceptors (Lipinski definition) is 5. The molecule has 0 aliphatic carbocycles. The Balaban J connectivity index is 1.75. The number of nitrogens with one attached hydrogen (secondary N) is 1. The minimum absolute atomic E-state index is 0.0104. The highest BCUT2D eigenvalue weighted by atomic mass is 19.4. The molecule has 0 bridgehead atoms. The molecule has 1 aliphatic heterocycles. The Kier molecular flexibility index (Phi) is 3.59. The first-order valence-corrected chi connectivity index (χ1v) is 6.76. The number of amides is 1. The molecule has 2 aromatic rings. The zero-order valence-electron chi connectivity index (χ0n) is 11.5. The van der Waals surface area contributed by atoms with Crippen LogP contribution in [-0.4, -0.2) is 50.3 Å². The first-order chi connectivity index (χ1) is 10.4. The molecule has 1 saturated heterocycles. The van der Waals surface area contributed by atoms with E-state index >= 15 is 0 Å². The molecule has 0 unspecified atom stereocenters. The molecule has 1 N–H and O–H groups in total. The normalized spacial score (nSPS) is 15.5. The molecule has 2 aromatic heterocycles. The number of rotatable bonds is 3. The van der Waals surface area contributed by atoms with Crippen LogP contribution < -0.4 is 5.32 Å². The molecule has 7 nitrogen and oxygen atoms in total. The number of fused-ring (bicyclic) bond motifs is 1. The number of anilines is 1. The Morgan fingerprint density at radius 3 is 2.64 bits per heavy atom. The summed E-state index contributed by atoms with van der Waals surface area (Å²) in [6.45, 7) is 1.43. The maximum atomic E-state index is 12.8. The maximum Gasteiger partial charge on any atom is 0.453 e. The van der Waals surface area contributed by atoms with Crippen molar-refractivity contribution in [2.75, 3.05) is 25.0 Å². The summed E-state index contributed by atoms with van der Waals surface area (Å²) in [5, 5.41) is 13.0. The van der Waals surface area contributed by atoms with Gasteiger partial charge >= 0.3 is 6.18 Å². The third-order valence-electron chi connectivity index (χ3n) is 3.40. The smallest absolute Gasteiger partial charge is 0.360 e. The van der Waals surface area contributed by atoms with E-state index in [-0.39, 0.29) is 23.9 Å². The number of carbonyl (C=O) groups is 1. The van der Waals surface area contributed by atoms with Crippen LogP contribution in [0.5, 0.6) is 0 Å². The SMILES string of the molecule is O=C(CNc1ccc2nnc(C(F)(F)F)n2n1)N1CCCC1. The second-order valence-corrected chi connectivity index (χ2v) is 4.95. The van der Waals surface area contributed by atoms with Gasteiger partial charge in [0.15, 0.2) is 5.65 Å². The van der Waals surface area contributed by atoms with Crippen LogP contribution in [0.3, 0.4) is 0 Å². The van der Waals surface area contributed by atoms with E-state index in [1.54, 1.807) is 4.90 Å². The third kappa shape index (κ3) is 2.81. The minimum Gasteiger partial charge on any atom is -0.360 e. The van der Waals surface area contributed by atoms with Crippen molar-refractivity contribution in [2.45, 2.75) is 19.0 Å². The van der Waals surface area contributed by atoms with E-state index < -0.39 is 12.0 Å². The van der Waals surface area contributed by atoms with Crippen molar-refractivity contribution in [1.29, 1.82) is 0 Å². The van der Waals surface area contributed by atoms with Crippen LogP contribution in [0.25, 0.3) is 5.65 Å². The molecule has 0 spiro atoms. The summed E-state index contributed by atoms with van der Waals surface area (Å²) >= 11 is 0. The highest BCUT2D eigenvalue weighted by Gasteiger charge is 2.37. The van der Waals surface area contributed by atoms with E-state index in [1.165, 1.54) is 12.1 Å². The quantitative estimate of drug-likeness (QED) is 0.920. The third-order valence-corrected chi connectivity index (χ3v) is 3.40. The van der Waals surface area contributed by atoms with Gasteiger partial charge in [0.1, 0.15) is 5.82 Å². The van der Waals surface area contributed by atoms with Gasteiger partial charge in [-0.2, -0.15) is 17.7 Å². The van der Waals surface area contributed by atoms with Gasteiger partial charge in [-0.05, 0) is 25.0 Å². The standard InChI is InChI=1S/C12H13F3N6O/c13-12(14,15)11-18-17-9-4-3-8(19-21(9)11)16-7-10(22)20-5-1-2-6-20/h3-4H,1-2,5-7H2,(H,16,19). The van der Waals surface area contributed by atoms with E-state index in [9.17, 15) is 18.0 Å². The maximum absolute atomic E-state index is 12.8. The summed E-state index contributed by atoms with van der Waals surface area (Å²) in [5.74, 6) is -1.14. The Labute approximate surface area is 123 Å². The Hall–Kier alpha value is -2.39. The van der Waals surface area contributed by atoms with Crippen molar-refractivity contribution in [2.24, 2.45) is 0 Å². The second kappa shape index (κ2) is 5.43. The number of carbonyl (C=O) groups excluding carboxylic acids is 1. The van der Waals surface area contributed by atoms with E-state index in [4.69, 9.17) is 0 Å². The van der Waals surface area contributed by atoms with Gasteiger partial charge in [0, 0.05) is 13.1 Å². The first kappa shape index (κ1) is 14.5. The van der Waals surface area contributed by atoms with Crippen LogP contribution >= 0.6 is 0 Å². The molecule has 0 aromatic carbocycles.